The van der Waals surface area contributed by atoms with Gasteiger partial charge in [0.1, 0.15) is 0 Å². The van der Waals surface area contributed by atoms with Crippen molar-refractivity contribution in [2.75, 3.05) is 26.9 Å². The van der Waals surface area contributed by atoms with Gasteiger partial charge in [0.25, 0.3) is 0 Å². The SMILES string of the molecule is CNC1(CO)CCCC1CCOCCCC(F)(F)F. The summed E-state index contributed by atoms with van der Waals surface area (Å²) < 4.78 is 41.0. The molecule has 6 heteroatoms. The average Bonchev–Trinajstić information content (AvgIpc) is 2.76. The van der Waals surface area contributed by atoms with Crippen LogP contribution in [0, 0.1) is 5.92 Å². The summed E-state index contributed by atoms with van der Waals surface area (Å²) in [4.78, 5) is 0. The topological polar surface area (TPSA) is 41.5 Å². The maximum Gasteiger partial charge on any atom is 0.389 e. The van der Waals surface area contributed by atoms with Crippen molar-refractivity contribution in [3.05, 3.63) is 0 Å². The molecule has 0 spiro atoms. The molecule has 0 saturated heterocycles. The second-order valence-electron chi connectivity index (χ2n) is 5.27. The van der Waals surface area contributed by atoms with Gasteiger partial charge in [-0.25, -0.2) is 0 Å². The number of hydrogen-bond acceptors (Lipinski definition) is 3. The van der Waals surface area contributed by atoms with Gasteiger partial charge in [-0.15, -0.1) is 0 Å². The van der Waals surface area contributed by atoms with Gasteiger partial charge in [0, 0.05) is 25.2 Å². The lowest BCUT2D eigenvalue weighted by atomic mass is 9.86. The van der Waals surface area contributed by atoms with E-state index in [0.29, 0.717) is 12.5 Å². The predicted octanol–water partition coefficient (Wildman–Crippen LogP) is 2.49. The second-order valence-corrected chi connectivity index (χ2v) is 5.27. The van der Waals surface area contributed by atoms with E-state index in [2.05, 4.69) is 5.32 Å². The number of rotatable bonds is 8. The number of likely N-dealkylation sites (N-methyl/N-ethyl adjacent to an activating group) is 1. The van der Waals surface area contributed by atoms with Crippen LogP contribution in [0.1, 0.15) is 38.5 Å². The Morgan fingerprint density at radius 2 is 2.11 bits per heavy atom. The van der Waals surface area contributed by atoms with Gasteiger partial charge in [-0.2, -0.15) is 13.2 Å². The highest BCUT2D eigenvalue weighted by atomic mass is 19.4. The first-order valence-corrected chi connectivity index (χ1v) is 6.88. The van der Waals surface area contributed by atoms with Crippen LogP contribution in [-0.4, -0.2) is 43.7 Å². The van der Waals surface area contributed by atoms with Crippen molar-refractivity contribution in [2.24, 2.45) is 5.92 Å². The number of nitrogens with one attached hydrogen (secondary N) is 1. The van der Waals surface area contributed by atoms with Gasteiger partial charge >= 0.3 is 6.18 Å². The molecule has 2 N–H and O–H groups in total. The molecule has 2 unspecified atom stereocenters. The van der Waals surface area contributed by atoms with Crippen LogP contribution in [0.2, 0.25) is 0 Å². The van der Waals surface area contributed by atoms with Crippen molar-refractivity contribution in [3.8, 4) is 0 Å². The zero-order valence-electron chi connectivity index (χ0n) is 11.4. The molecule has 2 atom stereocenters. The number of aliphatic hydroxyl groups is 1. The Labute approximate surface area is 112 Å². The number of alkyl halides is 3. The lowest BCUT2D eigenvalue weighted by Crippen LogP contribution is -2.49. The fraction of sp³-hybridized carbons (Fsp3) is 1.00. The first-order valence-electron chi connectivity index (χ1n) is 6.88. The lowest BCUT2D eigenvalue weighted by Gasteiger charge is -2.33. The van der Waals surface area contributed by atoms with Gasteiger partial charge < -0.3 is 15.2 Å². The summed E-state index contributed by atoms with van der Waals surface area (Å²) >= 11 is 0. The number of hydrogen-bond donors (Lipinski definition) is 2. The Hall–Kier alpha value is -0.330. The van der Waals surface area contributed by atoms with Crippen molar-refractivity contribution >= 4 is 0 Å². The van der Waals surface area contributed by atoms with Gasteiger partial charge in [0.15, 0.2) is 0 Å². The Kier molecular flexibility index (Phi) is 6.56. The first-order chi connectivity index (χ1) is 8.93. The molecule has 114 valence electrons. The fourth-order valence-electron chi connectivity index (χ4n) is 2.88. The molecule has 1 rings (SSSR count). The normalized spacial score (nSPS) is 27.9. The van der Waals surface area contributed by atoms with Crippen LogP contribution < -0.4 is 5.32 Å². The van der Waals surface area contributed by atoms with Crippen LogP contribution in [-0.2, 0) is 4.74 Å². The maximum atomic E-state index is 11.9. The largest absolute Gasteiger partial charge is 0.394 e. The zero-order chi connectivity index (χ0) is 14.4. The van der Waals surface area contributed by atoms with Gasteiger partial charge in [0.05, 0.1) is 6.61 Å². The molecule has 1 saturated carbocycles. The highest BCUT2D eigenvalue weighted by molar-refractivity contribution is 4.97. The summed E-state index contributed by atoms with van der Waals surface area (Å²) in [6.07, 6.45) is -1.02. The van der Waals surface area contributed by atoms with Crippen LogP contribution in [0.5, 0.6) is 0 Å². The third-order valence-electron chi connectivity index (χ3n) is 4.10. The average molecular weight is 283 g/mol. The van der Waals surface area contributed by atoms with Crippen LogP contribution in [0.15, 0.2) is 0 Å². The van der Waals surface area contributed by atoms with E-state index in [9.17, 15) is 18.3 Å². The summed E-state index contributed by atoms with van der Waals surface area (Å²) in [5, 5.41) is 12.7. The van der Waals surface area contributed by atoms with Crippen molar-refractivity contribution in [1.29, 1.82) is 0 Å². The van der Waals surface area contributed by atoms with Gasteiger partial charge in [-0.1, -0.05) is 6.42 Å². The molecular formula is C13H24F3NO2. The minimum atomic E-state index is -4.09. The van der Waals surface area contributed by atoms with Gasteiger partial charge in [0.2, 0.25) is 0 Å². The van der Waals surface area contributed by atoms with Crippen molar-refractivity contribution < 1.29 is 23.0 Å². The molecule has 0 aromatic carbocycles. The van der Waals surface area contributed by atoms with Crippen LogP contribution in [0.25, 0.3) is 0 Å². The third kappa shape index (κ3) is 5.28. The Balaban J connectivity index is 2.15. The smallest absolute Gasteiger partial charge is 0.389 e. The predicted molar refractivity (Wildman–Crippen MR) is 66.9 cm³/mol. The standard InChI is InChI=1S/C13H24F3NO2/c1-17-12(10-18)6-2-4-11(12)5-9-19-8-3-7-13(14,15)16/h11,17-18H,2-10H2,1H3. The number of aliphatic hydroxyl groups excluding tert-OH is 1. The van der Waals surface area contributed by atoms with Gasteiger partial charge in [-0.3, -0.25) is 0 Å². The summed E-state index contributed by atoms with van der Waals surface area (Å²) in [5.41, 5.74) is -0.227. The highest BCUT2D eigenvalue weighted by Gasteiger charge is 2.40. The molecule has 19 heavy (non-hydrogen) atoms. The zero-order valence-corrected chi connectivity index (χ0v) is 11.4. The maximum absolute atomic E-state index is 11.9. The van der Waals surface area contributed by atoms with E-state index in [1.54, 1.807) is 0 Å². The van der Waals surface area contributed by atoms with E-state index in [1.807, 2.05) is 7.05 Å². The molecule has 0 aromatic rings. The van der Waals surface area contributed by atoms with E-state index in [4.69, 9.17) is 4.74 Å². The molecule has 0 bridgehead atoms. The summed E-state index contributed by atoms with van der Waals surface area (Å²) in [5.74, 6) is 0.338. The van der Waals surface area contributed by atoms with Crippen LogP contribution >= 0.6 is 0 Å². The molecule has 1 aliphatic carbocycles. The summed E-state index contributed by atoms with van der Waals surface area (Å²) in [6, 6.07) is 0. The molecule has 0 aliphatic heterocycles. The van der Waals surface area contributed by atoms with E-state index in [-0.39, 0.29) is 25.2 Å². The van der Waals surface area contributed by atoms with E-state index in [0.717, 1.165) is 25.7 Å². The van der Waals surface area contributed by atoms with E-state index >= 15 is 0 Å². The van der Waals surface area contributed by atoms with E-state index in [1.165, 1.54) is 0 Å². The molecule has 0 aromatic heterocycles. The Bertz CT molecular complexity index is 255. The quantitative estimate of drug-likeness (QED) is 0.672. The molecule has 1 aliphatic rings. The molecule has 3 nitrogen and oxygen atoms in total. The molecule has 0 radical (unpaired) electrons. The van der Waals surface area contributed by atoms with Crippen LogP contribution in [0.3, 0.4) is 0 Å². The Morgan fingerprint density at radius 1 is 1.37 bits per heavy atom. The minimum Gasteiger partial charge on any atom is -0.394 e. The molecule has 0 heterocycles. The highest BCUT2D eigenvalue weighted by Crippen LogP contribution is 2.37. The van der Waals surface area contributed by atoms with E-state index < -0.39 is 12.6 Å². The summed E-state index contributed by atoms with van der Waals surface area (Å²) in [7, 11) is 1.85. The van der Waals surface area contributed by atoms with Crippen LogP contribution in [0.4, 0.5) is 13.2 Å². The van der Waals surface area contributed by atoms with Crippen molar-refractivity contribution in [3.63, 3.8) is 0 Å². The van der Waals surface area contributed by atoms with Gasteiger partial charge in [-0.05, 0) is 38.6 Å². The third-order valence-corrected chi connectivity index (χ3v) is 4.10. The molecule has 0 amide bonds. The minimum absolute atomic E-state index is 0.0192. The number of halogens is 3. The first kappa shape index (κ1) is 16.7. The monoisotopic (exact) mass is 283 g/mol. The lowest BCUT2D eigenvalue weighted by molar-refractivity contribution is -0.138. The fourth-order valence-corrected chi connectivity index (χ4v) is 2.88. The molecule has 1 fully saturated rings. The van der Waals surface area contributed by atoms with Crippen molar-refractivity contribution in [2.45, 2.75) is 50.2 Å². The second kappa shape index (κ2) is 7.45. The summed E-state index contributed by atoms with van der Waals surface area (Å²) in [6.45, 7) is 0.714. The molecular weight excluding hydrogens is 259 g/mol. The Morgan fingerprint density at radius 3 is 2.68 bits per heavy atom. The number of ether oxygens (including phenoxy) is 1. The van der Waals surface area contributed by atoms with Crippen molar-refractivity contribution in [1.82, 2.24) is 5.32 Å².